The summed E-state index contributed by atoms with van der Waals surface area (Å²) in [7, 11) is 0. The van der Waals surface area contributed by atoms with Crippen molar-refractivity contribution in [2.45, 2.75) is 38.8 Å². The number of nitrogens with one attached hydrogen (secondary N) is 1. The van der Waals surface area contributed by atoms with E-state index in [0.717, 1.165) is 32.7 Å². The number of morpholine rings is 1. The van der Waals surface area contributed by atoms with E-state index in [9.17, 15) is 4.79 Å². The summed E-state index contributed by atoms with van der Waals surface area (Å²) < 4.78 is 6.97. The summed E-state index contributed by atoms with van der Waals surface area (Å²) in [5.41, 5.74) is -0.0402. The minimum atomic E-state index is -0.349. The quantitative estimate of drug-likeness (QED) is 0.825. The van der Waals surface area contributed by atoms with Gasteiger partial charge in [-0.15, -0.1) is 0 Å². The van der Waals surface area contributed by atoms with Gasteiger partial charge < -0.3 is 10.1 Å². The van der Waals surface area contributed by atoms with Crippen molar-refractivity contribution >= 4 is 5.91 Å². The number of aromatic nitrogens is 3. The van der Waals surface area contributed by atoms with Gasteiger partial charge in [-0.3, -0.25) is 9.69 Å². The maximum atomic E-state index is 12.2. The van der Waals surface area contributed by atoms with Crippen molar-refractivity contribution in [3.63, 3.8) is 0 Å². The molecule has 1 saturated heterocycles. The first-order valence-electron chi connectivity index (χ1n) is 7.51. The van der Waals surface area contributed by atoms with E-state index < -0.39 is 0 Å². The zero-order valence-electron chi connectivity index (χ0n) is 13.1. The molecule has 2 heterocycles. The van der Waals surface area contributed by atoms with Crippen molar-refractivity contribution in [2.24, 2.45) is 0 Å². The van der Waals surface area contributed by atoms with Gasteiger partial charge in [-0.05, 0) is 20.3 Å². The third-order valence-electron chi connectivity index (χ3n) is 4.39. The molecule has 2 unspecified atom stereocenters. The number of rotatable bonds is 6. The number of hydrogen-bond donors (Lipinski definition) is 1. The molecule has 1 amide bonds. The number of hydrogen-bond acceptors (Lipinski definition) is 5. The largest absolute Gasteiger partial charge is 0.379 e. The van der Waals surface area contributed by atoms with Gasteiger partial charge in [0, 0.05) is 25.2 Å². The van der Waals surface area contributed by atoms with Crippen LogP contribution >= 0.6 is 0 Å². The van der Waals surface area contributed by atoms with Gasteiger partial charge in [0.05, 0.1) is 13.2 Å². The van der Waals surface area contributed by atoms with Crippen molar-refractivity contribution in [1.29, 1.82) is 0 Å². The molecule has 1 aromatic rings. The van der Waals surface area contributed by atoms with Crippen molar-refractivity contribution in [1.82, 2.24) is 25.0 Å². The maximum absolute atomic E-state index is 12.2. The van der Waals surface area contributed by atoms with Gasteiger partial charge in [0.2, 0.25) is 5.91 Å². The fourth-order valence-corrected chi connectivity index (χ4v) is 2.53. The summed E-state index contributed by atoms with van der Waals surface area (Å²) in [4.78, 5) is 18.5. The maximum Gasteiger partial charge on any atom is 0.244 e. The van der Waals surface area contributed by atoms with Crippen LogP contribution in [0.25, 0.3) is 0 Å². The van der Waals surface area contributed by atoms with Gasteiger partial charge in [-0.2, -0.15) is 5.10 Å². The monoisotopic (exact) mass is 295 g/mol. The normalized spacial score (nSPS) is 20.7. The Hall–Kier alpha value is -1.47. The van der Waals surface area contributed by atoms with Gasteiger partial charge in [0.15, 0.2) is 0 Å². The molecule has 0 bridgehead atoms. The molecule has 1 N–H and O–H groups in total. The summed E-state index contributed by atoms with van der Waals surface area (Å²) in [6.45, 7) is 10.2. The Bertz CT molecular complexity index is 444. The number of nitrogens with zero attached hydrogens (tertiary/aromatic N) is 4. The van der Waals surface area contributed by atoms with Crippen LogP contribution in [-0.4, -0.2) is 64.0 Å². The molecule has 2 atom stereocenters. The van der Waals surface area contributed by atoms with Crippen LogP contribution in [-0.2, 0) is 9.53 Å². The van der Waals surface area contributed by atoms with E-state index in [-0.39, 0.29) is 17.5 Å². The number of amides is 1. The zero-order chi connectivity index (χ0) is 15.3. The second kappa shape index (κ2) is 7.00. The van der Waals surface area contributed by atoms with E-state index in [2.05, 4.69) is 34.1 Å². The molecule has 2 rings (SSSR count). The minimum Gasteiger partial charge on any atom is -0.379 e. The smallest absolute Gasteiger partial charge is 0.244 e. The standard InChI is InChI=1S/C14H25N5O2/c1-4-14(3,18-5-7-21-8-6-18)9-16-13(20)12(2)19-11-15-10-17-19/h10-12H,4-9H2,1-3H3,(H,16,20). The molecule has 7 nitrogen and oxygen atoms in total. The lowest BCUT2D eigenvalue weighted by Crippen LogP contribution is -2.57. The molecule has 1 aromatic heterocycles. The fourth-order valence-electron chi connectivity index (χ4n) is 2.53. The molecule has 21 heavy (non-hydrogen) atoms. The third kappa shape index (κ3) is 3.79. The molecule has 1 fully saturated rings. The van der Waals surface area contributed by atoms with Gasteiger partial charge in [0.1, 0.15) is 18.7 Å². The Morgan fingerprint density at radius 2 is 2.19 bits per heavy atom. The third-order valence-corrected chi connectivity index (χ3v) is 4.39. The summed E-state index contributed by atoms with van der Waals surface area (Å²) >= 11 is 0. The summed E-state index contributed by atoms with van der Waals surface area (Å²) in [5, 5.41) is 7.06. The van der Waals surface area contributed by atoms with Crippen molar-refractivity contribution in [3.05, 3.63) is 12.7 Å². The fraction of sp³-hybridized carbons (Fsp3) is 0.786. The van der Waals surface area contributed by atoms with Crippen LogP contribution in [0.5, 0.6) is 0 Å². The molecular formula is C14H25N5O2. The van der Waals surface area contributed by atoms with Crippen molar-refractivity contribution in [2.75, 3.05) is 32.8 Å². The first-order valence-corrected chi connectivity index (χ1v) is 7.51. The van der Waals surface area contributed by atoms with E-state index in [0.29, 0.717) is 6.54 Å². The second-order valence-corrected chi connectivity index (χ2v) is 5.72. The number of ether oxygens (including phenoxy) is 1. The number of carbonyl (C=O) groups excluding carboxylic acids is 1. The van der Waals surface area contributed by atoms with Crippen LogP contribution in [0.3, 0.4) is 0 Å². The highest BCUT2D eigenvalue weighted by molar-refractivity contribution is 5.79. The zero-order valence-corrected chi connectivity index (χ0v) is 13.1. The molecule has 7 heteroatoms. The molecular weight excluding hydrogens is 270 g/mol. The lowest BCUT2D eigenvalue weighted by molar-refractivity contribution is -0.125. The average molecular weight is 295 g/mol. The summed E-state index contributed by atoms with van der Waals surface area (Å²) in [6, 6.07) is -0.349. The Morgan fingerprint density at radius 3 is 2.76 bits per heavy atom. The Morgan fingerprint density at radius 1 is 1.48 bits per heavy atom. The summed E-state index contributed by atoms with van der Waals surface area (Å²) in [6.07, 6.45) is 3.98. The molecule has 1 aliphatic heterocycles. The molecule has 0 aromatic carbocycles. The topological polar surface area (TPSA) is 72.3 Å². The first kappa shape index (κ1) is 15.9. The van der Waals surface area contributed by atoms with Crippen LogP contribution in [0.4, 0.5) is 0 Å². The molecule has 118 valence electrons. The average Bonchev–Trinajstić information content (AvgIpc) is 3.06. The van der Waals surface area contributed by atoms with E-state index in [4.69, 9.17) is 4.74 Å². The molecule has 0 saturated carbocycles. The summed E-state index contributed by atoms with van der Waals surface area (Å²) in [5.74, 6) is -0.0339. The lowest BCUT2D eigenvalue weighted by Gasteiger charge is -2.43. The first-order chi connectivity index (χ1) is 10.1. The van der Waals surface area contributed by atoms with Gasteiger partial charge in [-0.25, -0.2) is 9.67 Å². The van der Waals surface area contributed by atoms with Crippen LogP contribution in [0.15, 0.2) is 12.7 Å². The highest BCUT2D eigenvalue weighted by Gasteiger charge is 2.32. The van der Waals surface area contributed by atoms with Crippen molar-refractivity contribution < 1.29 is 9.53 Å². The van der Waals surface area contributed by atoms with Crippen LogP contribution in [0.2, 0.25) is 0 Å². The molecule has 0 spiro atoms. The van der Waals surface area contributed by atoms with Gasteiger partial charge >= 0.3 is 0 Å². The van der Waals surface area contributed by atoms with E-state index in [1.807, 2.05) is 6.92 Å². The molecule has 0 radical (unpaired) electrons. The van der Waals surface area contributed by atoms with Crippen molar-refractivity contribution in [3.8, 4) is 0 Å². The SMILES string of the molecule is CCC(C)(CNC(=O)C(C)n1cncn1)N1CCOCC1. The predicted octanol–water partition coefficient (Wildman–Crippen LogP) is 0.456. The Labute approximate surface area is 125 Å². The number of carbonyl (C=O) groups is 1. The van der Waals surface area contributed by atoms with Gasteiger partial charge in [0.25, 0.3) is 0 Å². The molecule has 0 aliphatic carbocycles. The Balaban J connectivity index is 1.91. The van der Waals surface area contributed by atoms with E-state index in [1.165, 1.54) is 6.33 Å². The second-order valence-electron chi connectivity index (χ2n) is 5.72. The molecule has 1 aliphatic rings. The van der Waals surface area contributed by atoms with E-state index in [1.54, 1.807) is 11.0 Å². The predicted molar refractivity (Wildman–Crippen MR) is 78.8 cm³/mol. The highest BCUT2D eigenvalue weighted by Crippen LogP contribution is 2.20. The van der Waals surface area contributed by atoms with E-state index >= 15 is 0 Å². The van der Waals surface area contributed by atoms with Crippen LogP contribution < -0.4 is 5.32 Å². The van der Waals surface area contributed by atoms with Crippen LogP contribution in [0, 0.1) is 0 Å². The van der Waals surface area contributed by atoms with Gasteiger partial charge in [-0.1, -0.05) is 6.92 Å². The minimum absolute atomic E-state index is 0.0339. The Kier molecular flexibility index (Phi) is 5.30. The lowest BCUT2D eigenvalue weighted by atomic mass is 9.95. The van der Waals surface area contributed by atoms with Crippen LogP contribution in [0.1, 0.15) is 33.2 Å². The highest BCUT2D eigenvalue weighted by atomic mass is 16.5.